The van der Waals surface area contributed by atoms with Crippen LogP contribution in [0.15, 0.2) is 30.9 Å². The Bertz CT molecular complexity index is 996. The van der Waals surface area contributed by atoms with Crippen molar-refractivity contribution in [1.82, 2.24) is 23.6 Å². The lowest BCUT2D eigenvalue weighted by atomic mass is 9.81. The predicted molar refractivity (Wildman–Crippen MR) is 123 cm³/mol. The van der Waals surface area contributed by atoms with Gasteiger partial charge < -0.3 is 9.64 Å². The highest BCUT2D eigenvalue weighted by Gasteiger charge is 2.27. The number of nitrogens with zero attached hydrogens (tertiary/aromatic N) is 5. The van der Waals surface area contributed by atoms with E-state index in [1.54, 1.807) is 0 Å². The van der Waals surface area contributed by atoms with Crippen LogP contribution in [0.5, 0.6) is 0 Å². The van der Waals surface area contributed by atoms with Crippen LogP contribution in [0, 0.1) is 0 Å². The summed E-state index contributed by atoms with van der Waals surface area (Å²) < 4.78 is 9.28. The van der Waals surface area contributed by atoms with E-state index in [4.69, 9.17) is 9.72 Å². The van der Waals surface area contributed by atoms with E-state index in [0.29, 0.717) is 5.92 Å². The van der Waals surface area contributed by atoms with Crippen molar-refractivity contribution in [2.45, 2.75) is 50.5 Å². The monoisotopic (exact) mass is 425 g/mol. The van der Waals surface area contributed by atoms with E-state index < -0.39 is 0 Å². The standard InChI is InChI=1S/C23H31N5OS/c1-26-15-19(14-25-26)22-16-28(30)23-21(22)12-18(13-24-23)17-4-6-20(7-5-17)27-8-2-10-29-11-3-9-27/h12-17,20,30H,2-11H2,1H3/t17-,20+. The van der Waals surface area contributed by atoms with E-state index in [9.17, 15) is 0 Å². The Hall–Kier alpha value is -1.83. The molecule has 0 N–H and O–H groups in total. The van der Waals surface area contributed by atoms with Crippen LogP contribution in [0.1, 0.15) is 50.0 Å². The molecule has 6 nitrogen and oxygen atoms in total. The van der Waals surface area contributed by atoms with Crippen LogP contribution < -0.4 is 0 Å². The summed E-state index contributed by atoms with van der Waals surface area (Å²) in [6, 6.07) is 3.08. The SMILES string of the molecule is Cn1cc(-c2cn(S)c3ncc([C@H]4CC[C@@H](N5CCCOCCC5)CC4)cc23)cn1. The Morgan fingerprint density at radius 1 is 1.03 bits per heavy atom. The first-order valence-electron chi connectivity index (χ1n) is 11.2. The number of rotatable bonds is 3. The zero-order valence-electron chi connectivity index (χ0n) is 17.7. The minimum Gasteiger partial charge on any atom is -0.381 e. The van der Waals surface area contributed by atoms with Gasteiger partial charge in [0, 0.05) is 74.5 Å². The molecular weight excluding hydrogens is 394 g/mol. The Morgan fingerprint density at radius 2 is 1.80 bits per heavy atom. The Morgan fingerprint density at radius 3 is 2.50 bits per heavy atom. The third-order valence-electron chi connectivity index (χ3n) is 6.81. The molecule has 2 fully saturated rings. The van der Waals surface area contributed by atoms with Gasteiger partial charge in [0.1, 0.15) is 5.65 Å². The average Bonchev–Trinajstić information content (AvgIpc) is 3.31. The molecule has 1 aliphatic heterocycles. The molecule has 0 bridgehead atoms. The van der Waals surface area contributed by atoms with E-state index >= 15 is 0 Å². The molecule has 7 heteroatoms. The molecule has 0 atom stereocenters. The fourth-order valence-electron chi connectivity index (χ4n) is 5.21. The molecule has 3 aromatic heterocycles. The number of aromatic nitrogens is 4. The summed E-state index contributed by atoms with van der Waals surface area (Å²) in [7, 11) is 1.95. The summed E-state index contributed by atoms with van der Waals surface area (Å²) in [4.78, 5) is 7.50. The normalized spacial score (nSPS) is 24.1. The second-order valence-electron chi connectivity index (χ2n) is 8.79. The van der Waals surface area contributed by atoms with Gasteiger partial charge >= 0.3 is 0 Å². The number of ether oxygens (including phenoxy) is 1. The van der Waals surface area contributed by atoms with E-state index in [2.05, 4.69) is 41.3 Å². The third kappa shape index (κ3) is 4.03. The van der Waals surface area contributed by atoms with Gasteiger partial charge in [-0.15, -0.1) is 0 Å². The third-order valence-corrected chi connectivity index (χ3v) is 7.12. The van der Waals surface area contributed by atoms with E-state index in [1.165, 1.54) is 62.6 Å². The largest absolute Gasteiger partial charge is 0.381 e. The molecule has 1 saturated heterocycles. The molecule has 5 rings (SSSR count). The van der Waals surface area contributed by atoms with Crippen LogP contribution in [0.4, 0.5) is 0 Å². The predicted octanol–water partition coefficient (Wildman–Crippen LogP) is 4.27. The number of pyridine rings is 1. The molecule has 0 aromatic carbocycles. The van der Waals surface area contributed by atoms with Gasteiger partial charge in [0.2, 0.25) is 0 Å². The summed E-state index contributed by atoms with van der Waals surface area (Å²) in [6.07, 6.45) is 15.5. The number of fused-ring (bicyclic) bond motifs is 1. The molecule has 0 unspecified atom stereocenters. The van der Waals surface area contributed by atoms with Crippen molar-refractivity contribution in [3.8, 4) is 11.1 Å². The Kier molecular flexibility index (Phi) is 5.85. The van der Waals surface area contributed by atoms with Gasteiger partial charge in [0.25, 0.3) is 0 Å². The Balaban J connectivity index is 1.33. The maximum Gasteiger partial charge on any atom is 0.150 e. The number of hydrogen-bond acceptors (Lipinski definition) is 5. The first-order valence-corrected chi connectivity index (χ1v) is 11.6. The molecule has 160 valence electrons. The molecule has 0 amide bonds. The molecule has 1 saturated carbocycles. The number of thiol groups is 1. The van der Waals surface area contributed by atoms with Crippen LogP contribution in [0.2, 0.25) is 0 Å². The molecule has 30 heavy (non-hydrogen) atoms. The topological polar surface area (TPSA) is 48.1 Å². The summed E-state index contributed by atoms with van der Waals surface area (Å²) in [6.45, 7) is 4.21. The van der Waals surface area contributed by atoms with Crippen molar-refractivity contribution in [2.24, 2.45) is 7.05 Å². The van der Waals surface area contributed by atoms with Gasteiger partial charge in [0.15, 0.2) is 0 Å². The van der Waals surface area contributed by atoms with E-state index in [0.717, 1.165) is 36.0 Å². The fraction of sp³-hybridized carbons (Fsp3) is 0.565. The van der Waals surface area contributed by atoms with Gasteiger partial charge in [-0.25, -0.2) is 4.98 Å². The fourth-order valence-corrected chi connectivity index (χ4v) is 5.49. The minimum atomic E-state index is 0.598. The lowest BCUT2D eigenvalue weighted by molar-refractivity contribution is 0.0630. The van der Waals surface area contributed by atoms with Crippen molar-refractivity contribution < 1.29 is 4.74 Å². The maximum absolute atomic E-state index is 5.62. The van der Waals surface area contributed by atoms with Gasteiger partial charge in [0.05, 0.1) is 6.20 Å². The first kappa shape index (κ1) is 20.1. The lowest BCUT2D eigenvalue weighted by Gasteiger charge is -2.38. The molecule has 4 heterocycles. The van der Waals surface area contributed by atoms with Gasteiger partial charge in [-0.2, -0.15) is 5.10 Å². The first-order chi connectivity index (χ1) is 14.7. The summed E-state index contributed by atoms with van der Waals surface area (Å²) in [5, 5.41) is 5.50. The number of hydrogen-bond donors (Lipinski definition) is 1. The van der Waals surface area contributed by atoms with Crippen LogP contribution >= 0.6 is 12.8 Å². The highest BCUT2D eigenvalue weighted by Crippen LogP contribution is 2.38. The lowest BCUT2D eigenvalue weighted by Crippen LogP contribution is -2.40. The van der Waals surface area contributed by atoms with E-state index in [1.807, 2.05) is 28.1 Å². The van der Waals surface area contributed by atoms with Crippen LogP contribution in [-0.2, 0) is 11.8 Å². The van der Waals surface area contributed by atoms with Crippen molar-refractivity contribution in [3.63, 3.8) is 0 Å². The van der Waals surface area contributed by atoms with Gasteiger partial charge in [-0.3, -0.25) is 8.65 Å². The van der Waals surface area contributed by atoms with E-state index in [-0.39, 0.29) is 0 Å². The van der Waals surface area contributed by atoms with Crippen molar-refractivity contribution in [3.05, 3.63) is 36.4 Å². The minimum absolute atomic E-state index is 0.598. The highest BCUT2D eigenvalue weighted by atomic mass is 32.1. The molecular formula is C23H31N5OS. The second kappa shape index (κ2) is 8.73. The zero-order valence-corrected chi connectivity index (χ0v) is 18.6. The zero-order chi connectivity index (χ0) is 20.5. The van der Waals surface area contributed by atoms with Gasteiger partial charge in [-0.05, 0) is 56.1 Å². The maximum atomic E-state index is 5.62. The summed E-state index contributed by atoms with van der Waals surface area (Å²) in [5.41, 5.74) is 4.54. The van der Waals surface area contributed by atoms with Crippen molar-refractivity contribution >= 4 is 23.8 Å². The van der Waals surface area contributed by atoms with Crippen LogP contribution in [0.3, 0.4) is 0 Å². The quantitative estimate of drug-likeness (QED) is 0.637. The molecule has 3 aromatic rings. The number of aryl methyl sites for hydroxylation is 1. The van der Waals surface area contributed by atoms with Crippen molar-refractivity contribution in [1.29, 1.82) is 0 Å². The molecule has 0 spiro atoms. The van der Waals surface area contributed by atoms with Crippen LogP contribution in [-0.4, -0.2) is 56.0 Å². The van der Waals surface area contributed by atoms with Crippen molar-refractivity contribution in [2.75, 3.05) is 26.3 Å². The Labute approximate surface area is 183 Å². The average molecular weight is 426 g/mol. The van der Waals surface area contributed by atoms with Gasteiger partial charge in [-0.1, -0.05) is 12.8 Å². The molecule has 1 aliphatic carbocycles. The molecule has 2 aliphatic rings. The second-order valence-corrected chi connectivity index (χ2v) is 9.22. The smallest absolute Gasteiger partial charge is 0.150 e. The summed E-state index contributed by atoms with van der Waals surface area (Å²) in [5.74, 6) is 0.598. The molecule has 0 radical (unpaired) electrons. The highest BCUT2D eigenvalue weighted by molar-refractivity contribution is 7.78. The summed E-state index contributed by atoms with van der Waals surface area (Å²) >= 11 is 4.59. The van der Waals surface area contributed by atoms with Crippen LogP contribution in [0.25, 0.3) is 22.2 Å².